The number of anilines is 1. The fourth-order valence-electron chi connectivity index (χ4n) is 2.83. The van der Waals surface area contributed by atoms with Crippen molar-refractivity contribution in [3.63, 3.8) is 0 Å². The fourth-order valence-corrected chi connectivity index (χ4v) is 4.42. The minimum Gasteiger partial charge on any atom is -0.268 e. The molecule has 3 rings (SSSR count). The predicted octanol–water partition coefficient (Wildman–Crippen LogP) is 5.39. The van der Waals surface area contributed by atoms with Crippen LogP contribution in [0.15, 0.2) is 83.8 Å². The van der Waals surface area contributed by atoms with Gasteiger partial charge in [0.1, 0.15) is 0 Å². The van der Waals surface area contributed by atoms with Gasteiger partial charge in [0.05, 0.1) is 10.6 Å². The number of hydrogen-bond donors (Lipinski definition) is 0. The highest BCUT2D eigenvalue weighted by Gasteiger charge is 2.30. The number of sulfonamides is 1. The lowest BCUT2D eigenvalue weighted by atomic mass is 10.1. The Morgan fingerprint density at radius 2 is 1.55 bits per heavy atom. The third-order valence-corrected chi connectivity index (χ3v) is 6.54. The first-order valence-corrected chi connectivity index (χ1v) is 10.8. The second-order valence-electron chi connectivity index (χ2n) is 6.52. The normalized spacial score (nSPS) is 11.6. The zero-order valence-electron chi connectivity index (χ0n) is 16.0. The number of halogens is 1. The van der Waals surface area contributed by atoms with E-state index in [0.29, 0.717) is 10.7 Å². The first kappa shape index (κ1) is 20.8. The first-order chi connectivity index (χ1) is 13.8. The van der Waals surface area contributed by atoms with E-state index < -0.39 is 15.9 Å². The number of carbonyl (C=O) groups excluding carboxylic acids is 1. The maximum absolute atomic E-state index is 13.3. The number of nitrogens with zero attached hydrogens (tertiary/aromatic N) is 1. The van der Waals surface area contributed by atoms with Gasteiger partial charge in [0.25, 0.3) is 15.9 Å². The minimum atomic E-state index is -4.09. The molecule has 0 heterocycles. The average molecular weight is 426 g/mol. The van der Waals surface area contributed by atoms with E-state index in [-0.39, 0.29) is 4.90 Å². The lowest BCUT2D eigenvalue weighted by molar-refractivity contribution is -0.113. The van der Waals surface area contributed by atoms with Crippen molar-refractivity contribution in [1.82, 2.24) is 0 Å². The van der Waals surface area contributed by atoms with Crippen LogP contribution in [0.2, 0.25) is 5.02 Å². The maximum Gasteiger partial charge on any atom is 0.271 e. The van der Waals surface area contributed by atoms with Gasteiger partial charge in [-0.3, -0.25) is 4.79 Å². The van der Waals surface area contributed by atoms with Crippen LogP contribution in [0.5, 0.6) is 0 Å². The quantitative estimate of drug-likeness (QED) is 0.515. The summed E-state index contributed by atoms with van der Waals surface area (Å²) in [4.78, 5) is 13.2. The zero-order chi connectivity index (χ0) is 21.0. The van der Waals surface area contributed by atoms with Crippen molar-refractivity contribution >= 4 is 39.3 Å². The summed E-state index contributed by atoms with van der Waals surface area (Å²) in [6, 6.07) is 20.1. The number of benzene rings is 3. The van der Waals surface area contributed by atoms with Gasteiger partial charge < -0.3 is 0 Å². The minimum absolute atomic E-state index is 0.0501. The topological polar surface area (TPSA) is 54.5 Å². The molecule has 29 heavy (non-hydrogen) atoms. The summed E-state index contributed by atoms with van der Waals surface area (Å²) in [5, 5.41) is 0.581. The van der Waals surface area contributed by atoms with Gasteiger partial charge in [0.15, 0.2) is 0 Å². The van der Waals surface area contributed by atoms with Crippen LogP contribution in [0.1, 0.15) is 16.7 Å². The van der Waals surface area contributed by atoms with Crippen molar-refractivity contribution < 1.29 is 13.2 Å². The number of rotatable bonds is 5. The molecule has 0 bridgehead atoms. The lowest BCUT2D eigenvalue weighted by Crippen LogP contribution is -2.36. The molecule has 4 nitrogen and oxygen atoms in total. The Morgan fingerprint density at radius 1 is 0.897 bits per heavy atom. The molecule has 0 fully saturated rings. The van der Waals surface area contributed by atoms with Crippen molar-refractivity contribution in [2.75, 3.05) is 4.31 Å². The Hall–Kier alpha value is -2.89. The smallest absolute Gasteiger partial charge is 0.268 e. The van der Waals surface area contributed by atoms with E-state index in [9.17, 15) is 13.2 Å². The zero-order valence-corrected chi connectivity index (χ0v) is 17.6. The summed E-state index contributed by atoms with van der Waals surface area (Å²) in [6.45, 7) is 3.68. The second kappa shape index (κ2) is 8.64. The van der Waals surface area contributed by atoms with Gasteiger partial charge in [-0.05, 0) is 66.9 Å². The molecule has 3 aromatic rings. The summed E-state index contributed by atoms with van der Waals surface area (Å²) in [5.41, 5.74) is 2.69. The number of amides is 1. The molecule has 0 aromatic heterocycles. The van der Waals surface area contributed by atoms with E-state index in [1.54, 1.807) is 67.6 Å². The monoisotopic (exact) mass is 425 g/mol. The maximum atomic E-state index is 13.3. The van der Waals surface area contributed by atoms with Crippen LogP contribution < -0.4 is 4.31 Å². The van der Waals surface area contributed by atoms with E-state index in [1.165, 1.54) is 18.2 Å². The molecule has 0 saturated carbocycles. The van der Waals surface area contributed by atoms with Crippen LogP contribution in [0.4, 0.5) is 5.69 Å². The van der Waals surface area contributed by atoms with Gasteiger partial charge in [-0.25, -0.2) is 8.42 Å². The molecule has 148 valence electrons. The van der Waals surface area contributed by atoms with E-state index in [1.807, 2.05) is 13.0 Å². The number of aryl methyl sites for hydroxylation is 1. The van der Waals surface area contributed by atoms with Gasteiger partial charge in [0, 0.05) is 11.1 Å². The molecule has 0 aliphatic carbocycles. The third kappa shape index (κ3) is 4.58. The Labute approximate surface area is 176 Å². The molecule has 1 amide bonds. The van der Waals surface area contributed by atoms with Crippen molar-refractivity contribution in [1.29, 1.82) is 0 Å². The molecule has 0 atom stereocenters. The Bertz CT molecular complexity index is 1150. The molecule has 0 radical (unpaired) electrons. The van der Waals surface area contributed by atoms with Crippen LogP contribution in [-0.4, -0.2) is 14.3 Å². The summed E-state index contributed by atoms with van der Waals surface area (Å²) in [5.74, 6) is -0.655. The number of carbonyl (C=O) groups is 1. The molecule has 6 heteroatoms. The predicted molar refractivity (Wildman–Crippen MR) is 118 cm³/mol. The van der Waals surface area contributed by atoms with Crippen LogP contribution >= 0.6 is 11.6 Å². The van der Waals surface area contributed by atoms with Crippen LogP contribution in [0.25, 0.3) is 6.08 Å². The Kier molecular flexibility index (Phi) is 6.20. The largest absolute Gasteiger partial charge is 0.271 e. The highest BCUT2D eigenvalue weighted by atomic mass is 35.5. The average Bonchev–Trinajstić information content (AvgIpc) is 2.71. The molecular formula is C23H20ClNO3S. The van der Waals surface area contributed by atoms with Crippen LogP contribution in [-0.2, 0) is 14.8 Å². The molecule has 0 unspecified atom stereocenters. The van der Waals surface area contributed by atoms with Crippen LogP contribution in [0.3, 0.4) is 0 Å². The summed E-state index contributed by atoms with van der Waals surface area (Å²) in [7, 11) is -4.09. The van der Waals surface area contributed by atoms with E-state index in [2.05, 4.69) is 0 Å². The molecule has 0 saturated heterocycles. The summed E-state index contributed by atoms with van der Waals surface area (Å²) >= 11 is 5.89. The van der Waals surface area contributed by atoms with E-state index in [4.69, 9.17) is 11.6 Å². The van der Waals surface area contributed by atoms with Gasteiger partial charge in [-0.1, -0.05) is 54.1 Å². The van der Waals surface area contributed by atoms with Crippen molar-refractivity contribution in [2.45, 2.75) is 18.7 Å². The molecule has 0 spiro atoms. The molecule has 0 N–H and O–H groups in total. The van der Waals surface area contributed by atoms with Crippen LogP contribution in [0, 0.1) is 13.8 Å². The van der Waals surface area contributed by atoms with Gasteiger partial charge in [-0.15, -0.1) is 0 Å². The first-order valence-electron chi connectivity index (χ1n) is 8.95. The third-order valence-electron chi connectivity index (χ3n) is 4.56. The molecular weight excluding hydrogens is 406 g/mol. The van der Waals surface area contributed by atoms with Gasteiger partial charge in [-0.2, -0.15) is 4.31 Å². The highest BCUT2D eigenvalue weighted by Crippen LogP contribution is 2.29. The Balaban J connectivity index is 2.09. The highest BCUT2D eigenvalue weighted by molar-refractivity contribution is 7.93. The fraction of sp³-hybridized carbons (Fsp3) is 0.0870. The Morgan fingerprint density at radius 3 is 2.21 bits per heavy atom. The number of hydrogen-bond acceptors (Lipinski definition) is 3. The van der Waals surface area contributed by atoms with E-state index in [0.717, 1.165) is 21.0 Å². The SMILES string of the molecule is Cc1cccc(N(C(=O)/C=C/c2ccc(Cl)cc2)S(=O)(=O)c2ccccc2)c1C. The van der Waals surface area contributed by atoms with Crippen molar-refractivity contribution in [3.05, 3.63) is 101 Å². The standard InChI is InChI=1S/C23H20ClNO3S/c1-17-7-6-10-22(18(17)2)25(29(27,28)21-8-4-3-5-9-21)23(26)16-13-19-11-14-20(24)15-12-19/h3-16H,1-2H3/b16-13+. The molecule has 0 aliphatic rings. The van der Waals surface area contributed by atoms with Crippen molar-refractivity contribution in [3.8, 4) is 0 Å². The second-order valence-corrected chi connectivity index (χ2v) is 8.75. The van der Waals surface area contributed by atoms with Gasteiger partial charge in [0.2, 0.25) is 0 Å². The molecule has 0 aliphatic heterocycles. The van der Waals surface area contributed by atoms with E-state index >= 15 is 0 Å². The van der Waals surface area contributed by atoms with Gasteiger partial charge >= 0.3 is 0 Å². The molecule has 3 aromatic carbocycles. The summed E-state index contributed by atoms with van der Waals surface area (Å²) in [6.07, 6.45) is 2.82. The summed E-state index contributed by atoms with van der Waals surface area (Å²) < 4.78 is 27.6. The van der Waals surface area contributed by atoms with Crippen molar-refractivity contribution in [2.24, 2.45) is 0 Å². The lowest BCUT2D eigenvalue weighted by Gasteiger charge is -2.24.